The number of rotatable bonds is 5. The second kappa shape index (κ2) is 11.0. The normalized spacial score (nSPS) is 17.8. The second-order valence-electron chi connectivity index (χ2n) is 10.8. The summed E-state index contributed by atoms with van der Waals surface area (Å²) in [6, 6.07) is 26.6. The highest BCUT2D eigenvalue weighted by atomic mass is 32.2. The van der Waals surface area contributed by atoms with E-state index in [1.807, 2.05) is 23.1 Å². The molecule has 2 heterocycles. The molecule has 2 aliphatic rings. The smallest absolute Gasteiger partial charge is 0.262 e. The SMILES string of the molecule is CCN1C(=CC=C2CCCC(C=Cc3sc4c5ccccc5ccc4[n+]3CC)=C2C)Sc2c1ccc1ccccc21. The van der Waals surface area contributed by atoms with E-state index in [1.54, 1.807) is 0 Å². The van der Waals surface area contributed by atoms with Gasteiger partial charge >= 0.3 is 0 Å². The summed E-state index contributed by atoms with van der Waals surface area (Å²) in [5.74, 6) is 0. The minimum atomic E-state index is 0.970. The summed E-state index contributed by atoms with van der Waals surface area (Å²) in [6.07, 6.45) is 13.0. The number of thiazole rings is 1. The van der Waals surface area contributed by atoms with Crippen molar-refractivity contribution in [3.8, 4) is 0 Å². The first-order chi connectivity index (χ1) is 20.2. The molecule has 204 valence electrons. The lowest BCUT2D eigenvalue weighted by atomic mass is 9.88. The highest BCUT2D eigenvalue weighted by Gasteiger charge is 2.25. The summed E-state index contributed by atoms with van der Waals surface area (Å²) < 4.78 is 3.84. The van der Waals surface area contributed by atoms with E-state index in [-0.39, 0.29) is 0 Å². The van der Waals surface area contributed by atoms with Crippen molar-refractivity contribution in [3.05, 3.63) is 118 Å². The maximum atomic E-state index is 2.46. The minimum absolute atomic E-state index is 0.970. The third-order valence-electron chi connectivity index (χ3n) is 8.59. The van der Waals surface area contributed by atoms with Gasteiger partial charge in [-0.1, -0.05) is 89.8 Å². The molecule has 1 aromatic heterocycles. The van der Waals surface area contributed by atoms with Crippen molar-refractivity contribution in [2.75, 3.05) is 11.4 Å². The summed E-state index contributed by atoms with van der Waals surface area (Å²) in [4.78, 5) is 3.84. The number of allylic oxidation sites excluding steroid dienone is 6. The molecule has 0 bridgehead atoms. The fourth-order valence-electron chi connectivity index (χ4n) is 6.37. The number of aryl methyl sites for hydroxylation is 1. The van der Waals surface area contributed by atoms with Crippen LogP contribution in [0.5, 0.6) is 0 Å². The summed E-state index contributed by atoms with van der Waals surface area (Å²) in [6.45, 7) is 8.76. The Hall–Kier alpha value is -3.60. The number of aromatic nitrogens is 1. The van der Waals surface area contributed by atoms with Gasteiger partial charge in [-0.2, -0.15) is 4.57 Å². The van der Waals surface area contributed by atoms with Crippen LogP contribution in [-0.2, 0) is 6.54 Å². The lowest BCUT2D eigenvalue weighted by Crippen LogP contribution is -2.33. The van der Waals surface area contributed by atoms with E-state index < -0.39 is 0 Å². The van der Waals surface area contributed by atoms with Crippen LogP contribution >= 0.6 is 23.1 Å². The van der Waals surface area contributed by atoms with Gasteiger partial charge in [-0.3, -0.25) is 0 Å². The largest absolute Gasteiger partial charge is 0.335 e. The van der Waals surface area contributed by atoms with Crippen LogP contribution in [0.2, 0.25) is 0 Å². The van der Waals surface area contributed by atoms with E-state index in [1.165, 1.54) is 75.5 Å². The molecular formula is C37H35N2S2+. The van der Waals surface area contributed by atoms with E-state index in [9.17, 15) is 0 Å². The lowest BCUT2D eigenvalue weighted by Gasteiger charge is -2.20. The van der Waals surface area contributed by atoms with Gasteiger partial charge in [0, 0.05) is 29.0 Å². The second-order valence-corrected chi connectivity index (χ2v) is 12.9. The molecule has 2 nitrogen and oxygen atoms in total. The van der Waals surface area contributed by atoms with Crippen molar-refractivity contribution in [2.24, 2.45) is 0 Å². The zero-order chi connectivity index (χ0) is 27.9. The van der Waals surface area contributed by atoms with E-state index in [2.05, 4.69) is 127 Å². The van der Waals surface area contributed by atoms with E-state index in [0.29, 0.717) is 0 Å². The molecule has 0 unspecified atom stereocenters. The molecule has 0 spiro atoms. The summed E-state index contributed by atoms with van der Waals surface area (Å²) in [7, 11) is 0. The maximum absolute atomic E-state index is 2.46. The molecule has 1 aliphatic carbocycles. The Labute approximate surface area is 251 Å². The topological polar surface area (TPSA) is 7.12 Å². The molecular weight excluding hydrogens is 537 g/mol. The van der Waals surface area contributed by atoms with Crippen molar-refractivity contribution < 1.29 is 4.57 Å². The van der Waals surface area contributed by atoms with Gasteiger partial charge < -0.3 is 4.90 Å². The minimum Gasteiger partial charge on any atom is -0.335 e. The summed E-state index contributed by atoms with van der Waals surface area (Å²) in [5, 5.41) is 7.97. The van der Waals surface area contributed by atoms with E-state index >= 15 is 0 Å². The van der Waals surface area contributed by atoms with Crippen molar-refractivity contribution >= 4 is 66.6 Å². The number of hydrogen-bond donors (Lipinski definition) is 0. The Kier molecular flexibility index (Phi) is 7.06. The molecule has 7 rings (SSSR count). The van der Waals surface area contributed by atoms with Gasteiger partial charge in [0.15, 0.2) is 0 Å². The molecule has 0 N–H and O–H groups in total. The highest BCUT2D eigenvalue weighted by Crippen LogP contribution is 2.49. The van der Waals surface area contributed by atoms with Crippen LogP contribution < -0.4 is 9.47 Å². The van der Waals surface area contributed by atoms with Gasteiger partial charge in [-0.15, -0.1) is 0 Å². The van der Waals surface area contributed by atoms with Crippen LogP contribution in [0.15, 0.2) is 118 Å². The third kappa shape index (κ3) is 4.64. The average molecular weight is 572 g/mol. The predicted octanol–water partition coefficient (Wildman–Crippen LogP) is 10.4. The molecule has 0 amide bonds. The molecule has 0 radical (unpaired) electrons. The standard InChI is InChI=1S/C37H35N2S2/c1-4-38-32-21-17-28-11-6-8-15-30(28)36(32)40-34(38)23-19-26-13-10-14-27(25(26)3)20-24-35-39(5-2)33-22-18-29-12-7-9-16-31(29)37(33)41-35/h6-9,11-12,15-24H,4-5,10,13-14H2,1-3H3/q+1. The fourth-order valence-corrected chi connectivity index (χ4v) is 8.89. The molecule has 1 aliphatic heterocycles. The zero-order valence-corrected chi connectivity index (χ0v) is 25.6. The first-order valence-corrected chi connectivity index (χ1v) is 16.4. The Morgan fingerprint density at radius 3 is 2.39 bits per heavy atom. The molecule has 5 aromatic rings. The van der Waals surface area contributed by atoms with Crippen LogP contribution in [0.3, 0.4) is 0 Å². The summed E-state index contributed by atoms with van der Waals surface area (Å²) in [5.41, 5.74) is 7.03. The first-order valence-electron chi connectivity index (χ1n) is 14.8. The number of fused-ring (bicyclic) bond motifs is 6. The lowest BCUT2D eigenvalue weighted by molar-refractivity contribution is -0.665. The van der Waals surface area contributed by atoms with Gasteiger partial charge in [0.2, 0.25) is 5.52 Å². The molecule has 0 atom stereocenters. The molecule has 0 saturated carbocycles. The van der Waals surface area contributed by atoms with Gasteiger partial charge in [-0.25, -0.2) is 0 Å². The average Bonchev–Trinajstić information content (AvgIpc) is 3.57. The van der Waals surface area contributed by atoms with Crippen LogP contribution in [-0.4, -0.2) is 6.54 Å². The van der Waals surface area contributed by atoms with E-state index in [4.69, 9.17) is 0 Å². The van der Waals surface area contributed by atoms with Gasteiger partial charge in [0.05, 0.1) is 10.7 Å². The Morgan fingerprint density at radius 1 is 0.829 bits per heavy atom. The molecule has 0 fully saturated rings. The molecule has 4 heteroatoms. The predicted molar refractivity (Wildman–Crippen MR) is 180 cm³/mol. The fraction of sp³-hybridized carbons (Fsp3) is 0.216. The maximum Gasteiger partial charge on any atom is 0.262 e. The van der Waals surface area contributed by atoms with Gasteiger partial charge in [0.25, 0.3) is 5.01 Å². The third-order valence-corrected chi connectivity index (χ3v) is 11.0. The number of benzene rings is 4. The quantitative estimate of drug-likeness (QED) is 0.194. The Morgan fingerprint density at radius 2 is 1.59 bits per heavy atom. The molecule has 0 saturated heterocycles. The number of thioether (sulfide) groups is 1. The molecule has 4 aromatic carbocycles. The Bertz CT molecular complexity index is 1940. The zero-order valence-electron chi connectivity index (χ0n) is 24.0. The van der Waals surface area contributed by atoms with Crippen LogP contribution in [0, 0.1) is 0 Å². The summed E-state index contributed by atoms with van der Waals surface area (Å²) >= 11 is 3.83. The van der Waals surface area contributed by atoms with Gasteiger partial charge in [0.1, 0.15) is 11.2 Å². The van der Waals surface area contributed by atoms with Crippen molar-refractivity contribution in [1.82, 2.24) is 0 Å². The van der Waals surface area contributed by atoms with Crippen molar-refractivity contribution in [2.45, 2.75) is 51.5 Å². The van der Waals surface area contributed by atoms with Crippen molar-refractivity contribution in [3.63, 3.8) is 0 Å². The van der Waals surface area contributed by atoms with E-state index in [0.717, 1.165) is 25.9 Å². The monoisotopic (exact) mass is 571 g/mol. The van der Waals surface area contributed by atoms with Crippen LogP contribution in [0.25, 0.3) is 37.8 Å². The highest BCUT2D eigenvalue weighted by molar-refractivity contribution is 8.04. The number of hydrogen-bond acceptors (Lipinski definition) is 3. The van der Waals surface area contributed by atoms with Gasteiger partial charge in [-0.05, 0) is 91.1 Å². The van der Waals surface area contributed by atoms with Crippen LogP contribution in [0.1, 0.15) is 45.0 Å². The van der Waals surface area contributed by atoms with Crippen LogP contribution in [0.4, 0.5) is 5.69 Å². The number of nitrogens with zero attached hydrogens (tertiary/aromatic N) is 2. The van der Waals surface area contributed by atoms with Crippen molar-refractivity contribution in [1.29, 1.82) is 0 Å². The number of anilines is 1. The first kappa shape index (κ1) is 26.3. The Balaban J connectivity index is 1.20. The molecule has 41 heavy (non-hydrogen) atoms.